The zero-order valence-electron chi connectivity index (χ0n) is 8.60. The summed E-state index contributed by atoms with van der Waals surface area (Å²) in [5.41, 5.74) is 0.251. The topological polar surface area (TPSA) is 48.4 Å². The van der Waals surface area contributed by atoms with Gasteiger partial charge in [-0.05, 0) is 30.9 Å². The number of pyridine rings is 1. The molecule has 4 heteroatoms. The summed E-state index contributed by atoms with van der Waals surface area (Å²) in [4.78, 5) is 15.3. The number of aromatic nitrogens is 1. The van der Waals surface area contributed by atoms with Crippen LogP contribution in [0.1, 0.15) is 23.3 Å². The van der Waals surface area contributed by atoms with Gasteiger partial charge >= 0.3 is 5.97 Å². The van der Waals surface area contributed by atoms with Crippen molar-refractivity contribution in [2.45, 2.75) is 12.8 Å². The number of hydrogen-bond donors (Lipinski definition) is 0. The van der Waals surface area contributed by atoms with E-state index in [0.29, 0.717) is 18.3 Å². The number of methoxy groups -OCH3 is 1. The first-order valence-electron chi connectivity index (χ1n) is 4.97. The Kier molecular flexibility index (Phi) is 2.85. The second-order valence-electron chi connectivity index (χ2n) is 3.60. The molecule has 0 radical (unpaired) electrons. The second-order valence-corrected chi connectivity index (χ2v) is 3.60. The van der Waals surface area contributed by atoms with E-state index in [2.05, 4.69) is 9.72 Å². The maximum atomic E-state index is 11.3. The maximum Gasteiger partial charge on any atom is 0.360 e. The first kappa shape index (κ1) is 9.96. The van der Waals surface area contributed by atoms with Gasteiger partial charge in [-0.2, -0.15) is 0 Å². The molecule has 1 aromatic heterocycles. The molecule has 80 valence electrons. The van der Waals surface area contributed by atoms with E-state index >= 15 is 0 Å². The number of hydrogen-bond acceptors (Lipinski definition) is 4. The lowest BCUT2D eigenvalue weighted by Gasteiger charge is -2.08. The fraction of sp³-hybridized carbons (Fsp3) is 0.455. The van der Waals surface area contributed by atoms with Crippen molar-refractivity contribution in [1.82, 2.24) is 4.98 Å². The summed E-state index contributed by atoms with van der Waals surface area (Å²) in [6.07, 6.45) is 3.98. The van der Waals surface area contributed by atoms with Crippen LogP contribution < -0.4 is 4.74 Å². The third-order valence-corrected chi connectivity index (χ3v) is 2.32. The van der Waals surface area contributed by atoms with Gasteiger partial charge in [0.25, 0.3) is 0 Å². The molecule has 1 saturated carbocycles. The summed E-state index contributed by atoms with van der Waals surface area (Å²) >= 11 is 0. The van der Waals surface area contributed by atoms with Crippen LogP contribution >= 0.6 is 0 Å². The lowest BCUT2D eigenvalue weighted by molar-refractivity contribution is 0.0588. The molecule has 2 rings (SSSR count). The van der Waals surface area contributed by atoms with Gasteiger partial charge < -0.3 is 9.47 Å². The molecular formula is C11H13NO3. The van der Waals surface area contributed by atoms with Gasteiger partial charge in [-0.25, -0.2) is 9.78 Å². The van der Waals surface area contributed by atoms with E-state index in [-0.39, 0.29) is 5.69 Å². The van der Waals surface area contributed by atoms with Gasteiger partial charge in [0.15, 0.2) is 11.4 Å². The molecule has 0 aromatic carbocycles. The molecule has 0 aliphatic heterocycles. The molecule has 0 unspecified atom stereocenters. The first-order valence-corrected chi connectivity index (χ1v) is 4.97. The van der Waals surface area contributed by atoms with Gasteiger partial charge in [-0.15, -0.1) is 0 Å². The molecular weight excluding hydrogens is 194 g/mol. The molecule has 0 N–H and O–H groups in total. The fourth-order valence-electron chi connectivity index (χ4n) is 1.25. The van der Waals surface area contributed by atoms with Gasteiger partial charge in [0.2, 0.25) is 0 Å². The Morgan fingerprint density at radius 1 is 1.60 bits per heavy atom. The van der Waals surface area contributed by atoms with E-state index in [1.807, 2.05) is 0 Å². The quantitative estimate of drug-likeness (QED) is 0.704. The monoisotopic (exact) mass is 207 g/mol. The predicted octanol–water partition coefficient (Wildman–Crippen LogP) is 1.66. The van der Waals surface area contributed by atoms with Crippen molar-refractivity contribution in [3.8, 4) is 5.75 Å². The number of carbonyl (C=O) groups is 1. The van der Waals surface area contributed by atoms with Crippen molar-refractivity contribution in [2.24, 2.45) is 5.92 Å². The van der Waals surface area contributed by atoms with Gasteiger partial charge in [-0.3, -0.25) is 0 Å². The van der Waals surface area contributed by atoms with E-state index in [1.165, 1.54) is 20.0 Å². The summed E-state index contributed by atoms with van der Waals surface area (Å²) in [6, 6.07) is 3.48. The van der Waals surface area contributed by atoms with Crippen molar-refractivity contribution in [2.75, 3.05) is 13.7 Å². The van der Waals surface area contributed by atoms with Crippen molar-refractivity contribution < 1.29 is 14.3 Å². The molecule has 0 spiro atoms. The molecule has 4 nitrogen and oxygen atoms in total. The Morgan fingerprint density at radius 3 is 3.07 bits per heavy atom. The molecule has 1 aromatic rings. The van der Waals surface area contributed by atoms with E-state index in [1.54, 1.807) is 18.3 Å². The van der Waals surface area contributed by atoms with Crippen LogP contribution in [0.25, 0.3) is 0 Å². The molecule has 0 atom stereocenters. The van der Waals surface area contributed by atoms with Crippen LogP contribution in [-0.2, 0) is 4.74 Å². The highest BCUT2D eigenvalue weighted by Gasteiger charge is 2.23. The lowest BCUT2D eigenvalue weighted by atomic mass is 10.3. The van der Waals surface area contributed by atoms with E-state index in [4.69, 9.17) is 4.74 Å². The van der Waals surface area contributed by atoms with Crippen LogP contribution in [-0.4, -0.2) is 24.7 Å². The number of nitrogens with zero attached hydrogens (tertiary/aromatic N) is 1. The molecule has 1 heterocycles. The third-order valence-electron chi connectivity index (χ3n) is 2.32. The third kappa shape index (κ3) is 2.46. The molecule has 0 bridgehead atoms. The molecule has 1 aliphatic carbocycles. The van der Waals surface area contributed by atoms with Crippen molar-refractivity contribution >= 4 is 5.97 Å². The van der Waals surface area contributed by atoms with Gasteiger partial charge in [0.05, 0.1) is 13.7 Å². The van der Waals surface area contributed by atoms with Crippen molar-refractivity contribution in [3.63, 3.8) is 0 Å². The zero-order valence-corrected chi connectivity index (χ0v) is 8.60. The first-order chi connectivity index (χ1) is 7.31. The highest BCUT2D eigenvalue weighted by atomic mass is 16.5. The molecule has 1 fully saturated rings. The SMILES string of the molecule is COC(=O)c1ncccc1OCC1CC1. The molecule has 1 aliphatic rings. The largest absolute Gasteiger partial charge is 0.491 e. The number of carbonyl (C=O) groups excluding carboxylic acids is 1. The van der Waals surface area contributed by atoms with Gasteiger partial charge in [0, 0.05) is 6.20 Å². The summed E-state index contributed by atoms with van der Waals surface area (Å²) in [5.74, 6) is 0.702. The standard InChI is InChI=1S/C11H13NO3/c1-14-11(13)10-9(3-2-6-12-10)15-7-8-4-5-8/h2-3,6,8H,4-5,7H2,1H3. The fourth-order valence-corrected chi connectivity index (χ4v) is 1.25. The number of esters is 1. The summed E-state index contributed by atoms with van der Waals surface area (Å²) in [6.45, 7) is 0.662. The Bertz CT molecular complexity index is 361. The Labute approximate surface area is 88.2 Å². The normalized spacial score (nSPS) is 14.7. The minimum Gasteiger partial charge on any atom is -0.491 e. The van der Waals surface area contributed by atoms with Crippen LogP contribution in [0.2, 0.25) is 0 Å². The van der Waals surface area contributed by atoms with Crippen LogP contribution in [0.15, 0.2) is 18.3 Å². The Morgan fingerprint density at radius 2 is 2.40 bits per heavy atom. The second kappa shape index (κ2) is 4.29. The van der Waals surface area contributed by atoms with E-state index in [9.17, 15) is 4.79 Å². The van der Waals surface area contributed by atoms with Gasteiger partial charge in [-0.1, -0.05) is 0 Å². The minimum absolute atomic E-state index is 0.251. The summed E-state index contributed by atoms with van der Waals surface area (Å²) < 4.78 is 10.1. The van der Waals surface area contributed by atoms with Crippen LogP contribution in [0.4, 0.5) is 0 Å². The van der Waals surface area contributed by atoms with Crippen LogP contribution in [0, 0.1) is 5.92 Å². The Balaban J connectivity index is 2.09. The molecule has 0 saturated heterocycles. The predicted molar refractivity (Wildman–Crippen MR) is 53.8 cm³/mol. The minimum atomic E-state index is -0.457. The summed E-state index contributed by atoms with van der Waals surface area (Å²) in [5, 5.41) is 0. The average Bonchev–Trinajstić information content (AvgIpc) is 3.09. The highest BCUT2D eigenvalue weighted by Crippen LogP contribution is 2.30. The summed E-state index contributed by atoms with van der Waals surface area (Å²) in [7, 11) is 1.34. The maximum absolute atomic E-state index is 11.3. The number of rotatable bonds is 4. The molecule has 0 amide bonds. The van der Waals surface area contributed by atoms with Crippen molar-refractivity contribution in [3.05, 3.63) is 24.0 Å². The smallest absolute Gasteiger partial charge is 0.360 e. The van der Waals surface area contributed by atoms with Crippen LogP contribution in [0.3, 0.4) is 0 Å². The molecule has 15 heavy (non-hydrogen) atoms. The van der Waals surface area contributed by atoms with Crippen molar-refractivity contribution in [1.29, 1.82) is 0 Å². The lowest BCUT2D eigenvalue weighted by Crippen LogP contribution is -2.09. The number of ether oxygens (including phenoxy) is 2. The highest BCUT2D eigenvalue weighted by molar-refractivity contribution is 5.90. The zero-order chi connectivity index (χ0) is 10.7. The Hall–Kier alpha value is -1.58. The average molecular weight is 207 g/mol. The van der Waals surface area contributed by atoms with Gasteiger partial charge in [0.1, 0.15) is 0 Å². The van der Waals surface area contributed by atoms with E-state index < -0.39 is 5.97 Å². The van der Waals surface area contributed by atoms with Crippen LogP contribution in [0.5, 0.6) is 5.75 Å². The van der Waals surface area contributed by atoms with E-state index in [0.717, 1.165) is 0 Å².